The zero-order chi connectivity index (χ0) is 21.3. The van der Waals surface area contributed by atoms with Crippen molar-refractivity contribution in [3.63, 3.8) is 0 Å². The molecule has 0 fully saturated rings. The molecule has 1 amide bonds. The molecule has 1 heterocycles. The first-order valence-electron chi connectivity index (χ1n) is 10.3. The molecule has 4 rings (SSSR count). The van der Waals surface area contributed by atoms with Crippen LogP contribution in [0.25, 0.3) is 10.9 Å². The van der Waals surface area contributed by atoms with Gasteiger partial charge in [-0.05, 0) is 56.5 Å². The minimum atomic E-state index is -0.0764. The van der Waals surface area contributed by atoms with Gasteiger partial charge in [0.1, 0.15) is 0 Å². The number of aryl methyl sites for hydroxylation is 3. The molecule has 4 aromatic rings. The van der Waals surface area contributed by atoms with E-state index in [0.29, 0.717) is 12.1 Å². The van der Waals surface area contributed by atoms with Gasteiger partial charge in [-0.3, -0.25) is 9.48 Å². The van der Waals surface area contributed by atoms with Gasteiger partial charge in [0.2, 0.25) is 0 Å². The van der Waals surface area contributed by atoms with Gasteiger partial charge in [0.25, 0.3) is 5.91 Å². The van der Waals surface area contributed by atoms with Crippen LogP contribution in [0.15, 0.2) is 66.9 Å². The second kappa shape index (κ2) is 8.15. The first kappa shape index (κ1) is 19.9. The van der Waals surface area contributed by atoms with Gasteiger partial charge < -0.3 is 5.32 Å². The maximum atomic E-state index is 12.9. The number of amides is 1. The molecule has 0 saturated heterocycles. The number of carbonyl (C=O) groups is 1. The Kier molecular flexibility index (Phi) is 5.40. The average molecular weight is 398 g/mol. The molecule has 1 atom stereocenters. The van der Waals surface area contributed by atoms with E-state index in [-0.39, 0.29) is 11.9 Å². The molecule has 30 heavy (non-hydrogen) atoms. The van der Waals surface area contributed by atoms with Crippen LogP contribution in [0.2, 0.25) is 0 Å². The lowest BCUT2D eigenvalue weighted by atomic mass is 10.00. The van der Waals surface area contributed by atoms with Crippen LogP contribution < -0.4 is 5.32 Å². The summed E-state index contributed by atoms with van der Waals surface area (Å²) in [6.45, 7) is 8.94. The molecule has 0 saturated carbocycles. The highest BCUT2D eigenvalue weighted by Crippen LogP contribution is 2.21. The predicted molar refractivity (Wildman–Crippen MR) is 122 cm³/mol. The maximum Gasteiger partial charge on any atom is 0.251 e. The van der Waals surface area contributed by atoms with Crippen molar-refractivity contribution in [2.24, 2.45) is 0 Å². The quantitative estimate of drug-likeness (QED) is 0.483. The van der Waals surface area contributed by atoms with Crippen molar-refractivity contribution in [1.29, 1.82) is 0 Å². The molecule has 4 nitrogen and oxygen atoms in total. The van der Waals surface area contributed by atoms with E-state index in [4.69, 9.17) is 0 Å². The van der Waals surface area contributed by atoms with Crippen LogP contribution in [0.1, 0.15) is 51.1 Å². The Morgan fingerprint density at radius 3 is 2.43 bits per heavy atom. The van der Waals surface area contributed by atoms with E-state index in [1.165, 1.54) is 22.3 Å². The number of nitrogens with one attached hydrogen (secondary N) is 1. The lowest BCUT2D eigenvalue weighted by Crippen LogP contribution is -2.27. The van der Waals surface area contributed by atoms with Crippen molar-refractivity contribution in [1.82, 2.24) is 15.1 Å². The van der Waals surface area contributed by atoms with Crippen LogP contribution in [-0.4, -0.2) is 15.7 Å². The summed E-state index contributed by atoms with van der Waals surface area (Å²) in [6.07, 6.45) is 1.85. The van der Waals surface area contributed by atoms with Gasteiger partial charge in [-0.2, -0.15) is 5.10 Å². The molecule has 0 radical (unpaired) electrons. The number of nitrogens with zero attached hydrogens (tertiary/aromatic N) is 2. The van der Waals surface area contributed by atoms with Gasteiger partial charge in [0, 0.05) is 10.9 Å². The fourth-order valence-electron chi connectivity index (χ4n) is 3.87. The monoisotopic (exact) mass is 397 g/mol. The maximum absolute atomic E-state index is 12.9. The van der Waals surface area contributed by atoms with Crippen molar-refractivity contribution in [2.45, 2.75) is 40.3 Å². The van der Waals surface area contributed by atoms with E-state index in [1.807, 2.05) is 36.0 Å². The number of benzene rings is 3. The summed E-state index contributed by atoms with van der Waals surface area (Å²) in [5.74, 6) is -0.0764. The van der Waals surface area contributed by atoms with Gasteiger partial charge in [0.15, 0.2) is 0 Å². The summed E-state index contributed by atoms with van der Waals surface area (Å²) in [5.41, 5.74) is 7.58. The summed E-state index contributed by atoms with van der Waals surface area (Å²) in [4.78, 5) is 12.9. The lowest BCUT2D eigenvalue weighted by molar-refractivity contribution is 0.0940. The zero-order valence-electron chi connectivity index (χ0n) is 17.9. The molecule has 1 unspecified atom stereocenters. The first-order valence-corrected chi connectivity index (χ1v) is 10.3. The fourth-order valence-corrected chi connectivity index (χ4v) is 3.87. The molecule has 0 aliphatic carbocycles. The predicted octanol–water partition coefficient (Wildman–Crippen LogP) is 5.50. The van der Waals surface area contributed by atoms with Gasteiger partial charge >= 0.3 is 0 Å². The second-order valence-corrected chi connectivity index (χ2v) is 8.12. The summed E-state index contributed by atoms with van der Waals surface area (Å²) in [6, 6.07) is 20.5. The molecular formula is C26H27N3O. The Hall–Kier alpha value is -3.40. The standard InChI is InChI=1S/C26H27N3O/c1-17-5-8-21(9-6-17)16-29-25-14-22(10-11-23(25)15-27-29)26(30)28-20(4)24-12-7-18(2)13-19(24)3/h5-15,20H,16H2,1-4H3,(H,28,30). The lowest BCUT2D eigenvalue weighted by Gasteiger charge is -2.17. The van der Waals surface area contributed by atoms with Gasteiger partial charge in [-0.1, -0.05) is 59.7 Å². The van der Waals surface area contributed by atoms with Crippen molar-refractivity contribution >= 4 is 16.8 Å². The number of hydrogen-bond donors (Lipinski definition) is 1. The molecule has 0 spiro atoms. The normalized spacial score (nSPS) is 12.1. The Labute approximate surface area is 177 Å². The van der Waals surface area contributed by atoms with E-state index in [1.54, 1.807) is 0 Å². The molecule has 3 aromatic carbocycles. The molecular weight excluding hydrogens is 370 g/mol. The van der Waals surface area contributed by atoms with Gasteiger partial charge in [-0.25, -0.2) is 0 Å². The molecule has 0 bridgehead atoms. The Bertz CT molecular complexity index is 1200. The Balaban J connectivity index is 1.56. The zero-order valence-corrected chi connectivity index (χ0v) is 17.9. The highest BCUT2D eigenvalue weighted by molar-refractivity contribution is 5.98. The summed E-state index contributed by atoms with van der Waals surface area (Å²) >= 11 is 0. The van der Waals surface area contributed by atoms with Crippen molar-refractivity contribution in [2.75, 3.05) is 0 Å². The Morgan fingerprint density at radius 1 is 0.967 bits per heavy atom. The van der Waals surface area contributed by atoms with E-state index in [9.17, 15) is 4.79 Å². The molecule has 0 aliphatic heterocycles. The third-order valence-corrected chi connectivity index (χ3v) is 5.60. The molecule has 4 heteroatoms. The van der Waals surface area contributed by atoms with E-state index in [0.717, 1.165) is 16.5 Å². The largest absolute Gasteiger partial charge is 0.346 e. The van der Waals surface area contributed by atoms with Crippen molar-refractivity contribution < 1.29 is 4.79 Å². The number of rotatable bonds is 5. The number of fused-ring (bicyclic) bond motifs is 1. The smallest absolute Gasteiger partial charge is 0.251 e. The highest BCUT2D eigenvalue weighted by Gasteiger charge is 2.15. The number of carbonyl (C=O) groups excluding carboxylic acids is 1. The van der Waals surface area contributed by atoms with Crippen molar-refractivity contribution in [3.05, 3.63) is 100 Å². The van der Waals surface area contributed by atoms with Gasteiger partial charge in [-0.15, -0.1) is 0 Å². The van der Waals surface area contributed by atoms with Crippen LogP contribution >= 0.6 is 0 Å². The minimum Gasteiger partial charge on any atom is -0.346 e. The second-order valence-electron chi connectivity index (χ2n) is 8.12. The van der Waals surface area contributed by atoms with E-state index < -0.39 is 0 Å². The topological polar surface area (TPSA) is 46.9 Å². The molecule has 152 valence electrons. The van der Waals surface area contributed by atoms with Crippen LogP contribution in [-0.2, 0) is 6.54 Å². The van der Waals surface area contributed by atoms with Crippen LogP contribution in [0, 0.1) is 20.8 Å². The van der Waals surface area contributed by atoms with Crippen LogP contribution in [0.4, 0.5) is 0 Å². The van der Waals surface area contributed by atoms with E-state index in [2.05, 4.69) is 73.7 Å². The average Bonchev–Trinajstić information content (AvgIpc) is 3.11. The molecule has 1 N–H and O–H groups in total. The van der Waals surface area contributed by atoms with E-state index >= 15 is 0 Å². The van der Waals surface area contributed by atoms with Crippen molar-refractivity contribution in [3.8, 4) is 0 Å². The molecule has 1 aromatic heterocycles. The number of hydrogen-bond acceptors (Lipinski definition) is 2. The Morgan fingerprint density at radius 2 is 1.70 bits per heavy atom. The third kappa shape index (κ3) is 4.13. The summed E-state index contributed by atoms with van der Waals surface area (Å²) < 4.78 is 1.95. The summed E-state index contributed by atoms with van der Waals surface area (Å²) in [5, 5.41) is 8.69. The van der Waals surface area contributed by atoms with Gasteiger partial charge in [0.05, 0.1) is 24.3 Å². The first-order chi connectivity index (χ1) is 14.4. The number of aromatic nitrogens is 2. The SMILES string of the molecule is Cc1ccc(Cn2ncc3ccc(C(=O)NC(C)c4ccc(C)cc4C)cc32)cc1. The minimum absolute atomic E-state index is 0.0636. The summed E-state index contributed by atoms with van der Waals surface area (Å²) in [7, 11) is 0. The fraction of sp³-hybridized carbons (Fsp3) is 0.231. The third-order valence-electron chi connectivity index (χ3n) is 5.60. The highest BCUT2D eigenvalue weighted by atomic mass is 16.1. The molecule has 0 aliphatic rings. The van der Waals surface area contributed by atoms with Crippen LogP contribution in [0.3, 0.4) is 0 Å². The van der Waals surface area contributed by atoms with Crippen LogP contribution in [0.5, 0.6) is 0 Å².